The van der Waals surface area contributed by atoms with Gasteiger partial charge in [-0.1, -0.05) is 12.1 Å². The highest BCUT2D eigenvalue weighted by Gasteiger charge is 2.36. The molecular weight excluding hydrogens is 311 g/mol. The molecular formula is C16H20F3NO3. The lowest BCUT2D eigenvalue weighted by Gasteiger charge is -2.35. The zero-order valence-electron chi connectivity index (χ0n) is 12.9. The van der Waals surface area contributed by atoms with Gasteiger partial charge < -0.3 is 14.4 Å². The second kappa shape index (κ2) is 7.68. The molecule has 128 valence electrons. The number of alkyl halides is 3. The third-order valence-electron chi connectivity index (χ3n) is 3.82. The Balaban J connectivity index is 2.07. The van der Waals surface area contributed by atoms with Crippen LogP contribution in [0.15, 0.2) is 24.3 Å². The molecule has 0 aliphatic carbocycles. The van der Waals surface area contributed by atoms with Gasteiger partial charge in [0.05, 0.1) is 13.5 Å². The van der Waals surface area contributed by atoms with E-state index in [9.17, 15) is 18.0 Å². The molecule has 1 heterocycles. The molecule has 0 radical (unpaired) electrons. The molecule has 1 aromatic rings. The molecule has 1 saturated heterocycles. The Hall–Kier alpha value is -1.76. The summed E-state index contributed by atoms with van der Waals surface area (Å²) in [6.45, 7) is -0.448. The van der Waals surface area contributed by atoms with Gasteiger partial charge >= 0.3 is 6.18 Å². The lowest BCUT2D eigenvalue weighted by Crippen LogP contribution is -2.48. The van der Waals surface area contributed by atoms with Crippen molar-refractivity contribution in [1.29, 1.82) is 0 Å². The summed E-state index contributed by atoms with van der Waals surface area (Å²) in [6, 6.07) is 6.33. The number of benzene rings is 1. The second-order valence-electron chi connectivity index (χ2n) is 5.51. The van der Waals surface area contributed by atoms with Crippen LogP contribution in [0.3, 0.4) is 0 Å². The molecule has 7 heteroatoms. The molecule has 0 spiro atoms. The quantitative estimate of drug-likeness (QED) is 0.833. The fourth-order valence-electron chi connectivity index (χ4n) is 2.63. The Morgan fingerprint density at radius 1 is 1.26 bits per heavy atom. The number of nitrogens with zero attached hydrogens (tertiary/aromatic N) is 1. The van der Waals surface area contributed by atoms with Crippen molar-refractivity contribution in [2.45, 2.75) is 31.5 Å². The molecule has 23 heavy (non-hydrogen) atoms. The fraction of sp³-hybridized carbons (Fsp3) is 0.562. The average molecular weight is 331 g/mol. The number of hydrogen-bond donors (Lipinski definition) is 0. The lowest BCUT2D eigenvalue weighted by atomic mass is 10.0. The number of halogens is 3. The summed E-state index contributed by atoms with van der Waals surface area (Å²) in [6.07, 6.45) is -3.60. The van der Waals surface area contributed by atoms with Crippen LogP contribution in [-0.2, 0) is 16.0 Å². The predicted molar refractivity (Wildman–Crippen MR) is 78.3 cm³/mol. The van der Waals surface area contributed by atoms with Crippen LogP contribution in [0.2, 0.25) is 0 Å². The molecule has 0 saturated carbocycles. The summed E-state index contributed by atoms with van der Waals surface area (Å²) < 4.78 is 48.6. The SMILES string of the molecule is COc1ccc(CC(=O)N(CC(F)(F)F)C2CCOCC2)cc1. The first-order chi connectivity index (χ1) is 10.9. The van der Waals surface area contributed by atoms with Crippen molar-refractivity contribution in [1.82, 2.24) is 4.90 Å². The molecule has 4 nitrogen and oxygen atoms in total. The van der Waals surface area contributed by atoms with Gasteiger partial charge in [-0.15, -0.1) is 0 Å². The second-order valence-corrected chi connectivity index (χ2v) is 5.51. The van der Waals surface area contributed by atoms with Crippen LogP contribution in [0, 0.1) is 0 Å². The van der Waals surface area contributed by atoms with Crippen LogP contribution in [0.25, 0.3) is 0 Å². The Morgan fingerprint density at radius 3 is 2.39 bits per heavy atom. The van der Waals surface area contributed by atoms with E-state index in [0.29, 0.717) is 37.4 Å². The van der Waals surface area contributed by atoms with Crippen LogP contribution in [0.5, 0.6) is 5.75 Å². The van der Waals surface area contributed by atoms with Gasteiger partial charge in [0.25, 0.3) is 0 Å². The summed E-state index contributed by atoms with van der Waals surface area (Å²) in [7, 11) is 1.52. The Labute approximate surface area is 133 Å². The van der Waals surface area contributed by atoms with Crippen LogP contribution < -0.4 is 4.74 Å². The van der Waals surface area contributed by atoms with Crippen molar-refractivity contribution >= 4 is 5.91 Å². The van der Waals surface area contributed by atoms with E-state index in [2.05, 4.69) is 0 Å². The van der Waals surface area contributed by atoms with E-state index in [1.54, 1.807) is 24.3 Å². The average Bonchev–Trinajstić information content (AvgIpc) is 2.53. The van der Waals surface area contributed by atoms with E-state index in [4.69, 9.17) is 9.47 Å². The molecule has 0 N–H and O–H groups in total. The molecule has 1 aliphatic rings. The fourth-order valence-corrected chi connectivity index (χ4v) is 2.63. The molecule has 1 aromatic carbocycles. The molecule has 0 bridgehead atoms. The van der Waals surface area contributed by atoms with E-state index in [-0.39, 0.29) is 6.42 Å². The third kappa shape index (κ3) is 5.42. The number of carbonyl (C=O) groups is 1. The lowest BCUT2D eigenvalue weighted by molar-refractivity contribution is -0.168. The highest BCUT2D eigenvalue weighted by Crippen LogP contribution is 2.23. The van der Waals surface area contributed by atoms with Gasteiger partial charge in [0, 0.05) is 19.3 Å². The summed E-state index contributed by atoms with van der Waals surface area (Å²) in [5, 5.41) is 0. The minimum Gasteiger partial charge on any atom is -0.497 e. The van der Waals surface area contributed by atoms with E-state index in [1.807, 2.05) is 0 Å². The standard InChI is InChI=1S/C16H20F3NO3/c1-22-14-4-2-12(3-5-14)10-15(21)20(11-16(17,18)19)13-6-8-23-9-7-13/h2-5,13H,6-11H2,1H3. The van der Waals surface area contributed by atoms with Gasteiger partial charge in [0.2, 0.25) is 5.91 Å². The van der Waals surface area contributed by atoms with Gasteiger partial charge in [0.15, 0.2) is 0 Å². The smallest absolute Gasteiger partial charge is 0.406 e. The number of amides is 1. The summed E-state index contributed by atoms with van der Waals surface area (Å²) >= 11 is 0. The predicted octanol–water partition coefficient (Wildman–Crippen LogP) is 2.81. The van der Waals surface area contributed by atoms with Crippen molar-refractivity contribution in [2.75, 3.05) is 26.9 Å². The van der Waals surface area contributed by atoms with Gasteiger partial charge in [-0.3, -0.25) is 4.79 Å². The normalized spacial score (nSPS) is 16.2. The summed E-state index contributed by atoms with van der Waals surface area (Å²) in [4.78, 5) is 13.3. The minimum atomic E-state index is -4.41. The summed E-state index contributed by atoms with van der Waals surface area (Å²) in [5.74, 6) is 0.122. The molecule has 1 aliphatic heterocycles. The maximum atomic E-state index is 12.8. The van der Waals surface area contributed by atoms with Crippen LogP contribution >= 0.6 is 0 Å². The molecule has 2 rings (SSSR count). The van der Waals surface area contributed by atoms with Crippen LogP contribution in [-0.4, -0.2) is 49.9 Å². The van der Waals surface area contributed by atoms with E-state index < -0.39 is 24.7 Å². The van der Waals surface area contributed by atoms with Gasteiger partial charge in [-0.2, -0.15) is 13.2 Å². The largest absolute Gasteiger partial charge is 0.497 e. The number of hydrogen-bond acceptors (Lipinski definition) is 3. The third-order valence-corrected chi connectivity index (χ3v) is 3.82. The van der Waals surface area contributed by atoms with Crippen molar-refractivity contribution in [3.8, 4) is 5.75 Å². The molecule has 0 atom stereocenters. The highest BCUT2D eigenvalue weighted by molar-refractivity contribution is 5.79. The zero-order valence-corrected chi connectivity index (χ0v) is 12.9. The molecule has 0 aromatic heterocycles. The van der Waals surface area contributed by atoms with Crippen LogP contribution in [0.4, 0.5) is 13.2 Å². The topological polar surface area (TPSA) is 38.8 Å². The van der Waals surface area contributed by atoms with Gasteiger partial charge in [-0.05, 0) is 30.5 Å². The number of carbonyl (C=O) groups excluding carboxylic acids is 1. The van der Waals surface area contributed by atoms with Gasteiger partial charge in [-0.25, -0.2) is 0 Å². The van der Waals surface area contributed by atoms with Gasteiger partial charge in [0.1, 0.15) is 12.3 Å². The van der Waals surface area contributed by atoms with E-state index >= 15 is 0 Å². The minimum absolute atomic E-state index is 0.0581. The Kier molecular flexibility index (Phi) is 5.87. The number of rotatable bonds is 5. The van der Waals surface area contributed by atoms with Crippen molar-refractivity contribution in [2.24, 2.45) is 0 Å². The van der Waals surface area contributed by atoms with Crippen molar-refractivity contribution in [3.63, 3.8) is 0 Å². The Bertz CT molecular complexity index is 510. The maximum Gasteiger partial charge on any atom is 0.406 e. The highest BCUT2D eigenvalue weighted by atomic mass is 19.4. The monoisotopic (exact) mass is 331 g/mol. The zero-order chi connectivity index (χ0) is 16.9. The maximum absolute atomic E-state index is 12.8. The van der Waals surface area contributed by atoms with Crippen molar-refractivity contribution < 1.29 is 27.4 Å². The van der Waals surface area contributed by atoms with Crippen LogP contribution in [0.1, 0.15) is 18.4 Å². The first kappa shape index (κ1) is 17.6. The number of methoxy groups -OCH3 is 1. The molecule has 1 amide bonds. The number of ether oxygens (including phenoxy) is 2. The van der Waals surface area contributed by atoms with E-state index in [0.717, 1.165) is 4.90 Å². The van der Waals surface area contributed by atoms with Crippen molar-refractivity contribution in [3.05, 3.63) is 29.8 Å². The van der Waals surface area contributed by atoms with E-state index in [1.165, 1.54) is 7.11 Å². The Morgan fingerprint density at radius 2 is 1.87 bits per heavy atom. The first-order valence-electron chi connectivity index (χ1n) is 7.46. The first-order valence-corrected chi connectivity index (χ1v) is 7.46. The molecule has 1 fully saturated rings. The molecule has 0 unspecified atom stereocenters. The summed E-state index contributed by atoms with van der Waals surface area (Å²) in [5.41, 5.74) is 0.662.